The summed E-state index contributed by atoms with van der Waals surface area (Å²) in [5, 5.41) is 2.99. The summed E-state index contributed by atoms with van der Waals surface area (Å²) in [6.07, 6.45) is 0.698. The Labute approximate surface area is 225 Å². The molecular formula is C32H26N2O5. The molecule has 3 aliphatic heterocycles. The minimum Gasteiger partial charge on any atom is -0.491 e. The second-order valence-corrected chi connectivity index (χ2v) is 9.97. The van der Waals surface area contributed by atoms with Crippen molar-refractivity contribution in [2.24, 2.45) is 0 Å². The van der Waals surface area contributed by atoms with E-state index in [1.54, 1.807) is 11.0 Å². The monoisotopic (exact) mass is 518 g/mol. The van der Waals surface area contributed by atoms with Crippen molar-refractivity contribution >= 4 is 17.5 Å². The van der Waals surface area contributed by atoms with Crippen LogP contribution in [0.2, 0.25) is 0 Å². The van der Waals surface area contributed by atoms with Gasteiger partial charge < -0.3 is 24.4 Å². The number of ether oxygens (including phenoxy) is 3. The van der Waals surface area contributed by atoms with Gasteiger partial charge in [-0.25, -0.2) is 0 Å². The molecule has 7 heteroatoms. The lowest BCUT2D eigenvalue weighted by molar-refractivity contribution is -0.125. The lowest BCUT2D eigenvalue weighted by Crippen LogP contribution is -2.46. The summed E-state index contributed by atoms with van der Waals surface area (Å²) in [6, 6.07) is 29.8. The van der Waals surface area contributed by atoms with E-state index in [9.17, 15) is 9.59 Å². The van der Waals surface area contributed by atoms with E-state index in [2.05, 4.69) is 41.7 Å². The predicted octanol–water partition coefficient (Wildman–Crippen LogP) is 4.47. The van der Waals surface area contributed by atoms with Crippen LogP contribution in [0.25, 0.3) is 11.1 Å². The molecule has 4 aromatic rings. The molecule has 1 N–H and O–H groups in total. The van der Waals surface area contributed by atoms with Crippen molar-refractivity contribution in [1.29, 1.82) is 0 Å². The van der Waals surface area contributed by atoms with Crippen LogP contribution in [0, 0.1) is 0 Å². The third-order valence-corrected chi connectivity index (χ3v) is 7.74. The average Bonchev–Trinajstić information content (AvgIpc) is 3.65. The van der Waals surface area contributed by atoms with Crippen LogP contribution in [0.1, 0.15) is 16.7 Å². The number of hydrogen-bond donors (Lipinski definition) is 1. The molecule has 3 aliphatic rings. The van der Waals surface area contributed by atoms with E-state index in [1.807, 2.05) is 48.5 Å². The fourth-order valence-corrected chi connectivity index (χ4v) is 5.76. The fourth-order valence-electron chi connectivity index (χ4n) is 5.76. The first-order chi connectivity index (χ1) is 19.1. The smallest absolute Gasteiger partial charge is 0.246 e. The first-order valence-corrected chi connectivity index (χ1v) is 13.0. The topological polar surface area (TPSA) is 77.1 Å². The third kappa shape index (κ3) is 3.81. The first-order valence-electron chi connectivity index (χ1n) is 13.0. The van der Waals surface area contributed by atoms with E-state index in [0.717, 1.165) is 27.9 Å². The average molecular weight is 519 g/mol. The molecule has 0 saturated heterocycles. The van der Waals surface area contributed by atoms with Crippen LogP contribution in [-0.4, -0.2) is 38.3 Å². The van der Waals surface area contributed by atoms with Crippen LogP contribution >= 0.6 is 0 Å². The van der Waals surface area contributed by atoms with Crippen LogP contribution in [0.5, 0.6) is 17.2 Å². The Morgan fingerprint density at radius 3 is 2.33 bits per heavy atom. The van der Waals surface area contributed by atoms with E-state index in [-0.39, 0.29) is 31.8 Å². The van der Waals surface area contributed by atoms with E-state index in [4.69, 9.17) is 14.2 Å². The molecule has 0 radical (unpaired) electrons. The van der Waals surface area contributed by atoms with E-state index < -0.39 is 5.41 Å². The Hall–Kier alpha value is -4.78. The quantitative estimate of drug-likeness (QED) is 0.408. The highest BCUT2D eigenvalue weighted by molar-refractivity contribution is 6.13. The van der Waals surface area contributed by atoms with Gasteiger partial charge >= 0.3 is 0 Å². The van der Waals surface area contributed by atoms with Gasteiger partial charge in [-0.05, 0) is 40.8 Å². The fraction of sp³-hybridized carbons (Fsp3) is 0.188. The molecule has 2 amide bonds. The van der Waals surface area contributed by atoms with Crippen molar-refractivity contribution in [2.75, 3.05) is 31.4 Å². The molecule has 1 atom stereocenters. The normalized spacial score (nSPS) is 18.2. The summed E-state index contributed by atoms with van der Waals surface area (Å²) in [5.74, 6) is 1.42. The zero-order valence-electron chi connectivity index (χ0n) is 21.2. The highest BCUT2D eigenvalue weighted by atomic mass is 16.7. The number of hydrogen-bond acceptors (Lipinski definition) is 5. The van der Waals surface area contributed by atoms with Crippen LogP contribution in [0.3, 0.4) is 0 Å². The Morgan fingerprint density at radius 2 is 1.51 bits per heavy atom. The predicted molar refractivity (Wildman–Crippen MR) is 146 cm³/mol. The largest absolute Gasteiger partial charge is 0.491 e. The van der Waals surface area contributed by atoms with Crippen LogP contribution in [-0.2, 0) is 21.4 Å². The van der Waals surface area contributed by atoms with Gasteiger partial charge in [0.2, 0.25) is 18.6 Å². The van der Waals surface area contributed by atoms with Crippen molar-refractivity contribution in [1.82, 2.24) is 5.32 Å². The van der Waals surface area contributed by atoms with Gasteiger partial charge in [-0.15, -0.1) is 0 Å². The number of anilines is 1. The lowest BCUT2D eigenvalue weighted by atomic mass is 9.77. The number of nitrogens with zero attached hydrogens (tertiary/aromatic N) is 1. The number of amides is 2. The van der Waals surface area contributed by atoms with Gasteiger partial charge in [0.1, 0.15) is 24.3 Å². The van der Waals surface area contributed by atoms with Gasteiger partial charge in [0.25, 0.3) is 0 Å². The molecule has 194 valence electrons. The maximum atomic E-state index is 14.0. The lowest BCUT2D eigenvalue weighted by Gasteiger charge is -2.23. The molecule has 7 nitrogen and oxygen atoms in total. The van der Waals surface area contributed by atoms with Crippen molar-refractivity contribution in [2.45, 2.75) is 11.8 Å². The number of fused-ring (bicyclic) bond motifs is 5. The van der Waals surface area contributed by atoms with Crippen LogP contribution in [0.4, 0.5) is 5.69 Å². The molecule has 3 heterocycles. The summed E-state index contributed by atoms with van der Waals surface area (Å²) in [6.45, 7) is 0.718. The molecule has 1 spiro atoms. The molecule has 0 saturated carbocycles. The second kappa shape index (κ2) is 9.20. The van der Waals surface area contributed by atoms with Gasteiger partial charge in [0.15, 0.2) is 11.5 Å². The summed E-state index contributed by atoms with van der Waals surface area (Å²) in [7, 11) is 0. The zero-order valence-corrected chi connectivity index (χ0v) is 21.2. The number of para-hydroxylation sites is 1. The minimum absolute atomic E-state index is 0.0651. The van der Waals surface area contributed by atoms with E-state index in [0.29, 0.717) is 30.2 Å². The number of benzene rings is 4. The highest BCUT2D eigenvalue weighted by Gasteiger charge is 2.57. The Kier molecular flexibility index (Phi) is 5.51. The Bertz CT molecular complexity index is 1580. The standard InChI is InChI=1S/C32H26N2O5/c35-30(33-15-14-21-10-12-23(13-11-21)22-6-2-1-3-7-22)18-34-26-9-5-4-8-24(26)32(31(34)36)19-37-27-17-29-28(16-25(27)32)38-20-39-29/h1-13,16-17H,14-15,18-20H2,(H,33,35). The van der Waals surface area contributed by atoms with Crippen molar-refractivity contribution in [3.8, 4) is 28.4 Å². The van der Waals surface area contributed by atoms with Crippen molar-refractivity contribution in [3.63, 3.8) is 0 Å². The van der Waals surface area contributed by atoms with E-state index >= 15 is 0 Å². The molecule has 1 unspecified atom stereocenters. The number of nitrogens with one attached hydrogen (secondary N) is 1. The maximum absolute atomic E-state index is 14.0. The Balaban J connectivity index is 1.05. The molecular weight excluding hydrogens is 492 g/mol. The number of rotatable bonds is 6. The minimum atomic E-state index is -1.02. The summed E-state index contributed by atoms with van der Waals surface area (Å²) < 4.78 is 17.1. The Morgan fingerprint density at radius 1 is 0.795 bits per heavy atom. The maximum Gasteiger partial charge on any atom is 0.246 e. The second-order valence-electron chi connectivity index (χ2n) is 9.97. The molecule has 0 bridgehead atoms. The highest BCUT2D eigenvalue weighted by Crippen LogP contribution is 2.54. The molecule has 0 aliphatic carbocycles. The van der Waals surface area contributed by atoms with Gasteiger partial charge in [-0.3, -0.25) is 9.59 Å². The number of carbonyl (C=O) groups is 2. The summed E-state index contributed by atoms with van der Waals surface area (Å²) in [4.78, 5) is 28.6. The van der Waals surface area contributed by atoms with Gasteiger partial charge in [0, 0.05) is 23.9 Å². The van der Waals surface area contributed by atoms with Gasteiger partial charge in [-0.1, -0.05) is 72.8 Å². The van der Waals surface area contributed by atoms with Crippen molar-refractivity contribution < 1.29 is 23.8 Å². The zero-order chi connectivity index (χ0) is 26.4. The van der Waals surface area contributed by atoms with E-state index in [1.165, 1.54) is 5.56 Å². The molecule has 0 aromatic heterocycles. The molecule has 0 fully saturated rings. The third-order valence-electron chi connectivity index (χ3n) is 7.74. The SMILES string of the molecule is O=C(CN1C(=O)C2(COc3cc4c(cc32)OCO4)c2ccccc21)NCCc1ccc(-c2ccccc2)cc1. The van der Waals surface area contributed by atoms with Crippen LogP contribution < -0.4 is 24.4 Å². The molecule has 39 heavy (non-hydrogen) atoms. The summed E-state index contributed by atoms with van der Waals surface area (Å²) in [5.41, 5.74) is 4.74. The molecule has 4 aromatic carbocycles. The van der Waals surface area contributed by atoms with Crippen molar-refractivity contribution in [3.05, 3.63) is 108 Å². The van der Waals surface area contributed by atoms with Crippen LogP contribution in [0.15, 0.2) is 91.0 Å². The molecule has 7 rings (SSSR count). The summed E-state index contributed by atoms with van der Waals surface area (Å²) >= 11 is 0. The first kappa shape index (κ1) is 23.3. The van der Waals surface area contributed by atoms with Gasteiger partial charge in [0.05, 0.1) is 0 Å². The van der Waals surface area contributed by atoms with Gasteiger partial charge in [-0.2, -0.15) is 0 Å². The number of carbonyl (C=O) groups excluding carboxylic acids is 2.